The Labute approximate surface area is 102 Å². The molecule has 0 heterocycles. The quantitative estimate of drug-likeness (QED) is 0.837. The van der Waals surface area contributed by atoms with Gasteiger partial charge in [0.15, 0.2) is 0 Å². The van der Waals surface area contributed by atoms with Gasteiger partial charge in [0, 0.05) is 5.56 Å². The molecule has 1 aromatic carbocycles. The summed E-state index contributed by atoms with van der Waals surface area (Å²) in [7, 11) is 0. The van der Waals surface area contributed by atoms with E-state index in [1.165, 1.54) is 19.1 Å². The number of benzene rings is 1. The first-order chi connectivity index (χ1) is 8.56. The van der Waals surface area contributed by atoms with Crippen molar-refractivity contribution in [3.8, 4) is 6.07 Å². The minimum absolute atomic E-state index is 0.00966. The second-order valence-electron chi connectivity index (χ2n) is 3.35. The maximum Gasteiger partial charge on any atom is 0.339 e. The van der Waals surface area contributed by atoms with Crippen LogP contribution in [0.25, 0.3) is 0 Å². The van der Waals surface area contributed by atoms with E-state index in [0.29, 0.717) is 0 Å². The molecule has 6 heteroatoms. The minimum Gasteiger partial charge on any atom is -0.462 e. The molecule has 0 aliphatic heterocycles. The van der Waals surface area contributed by atoms with Crippen LogP contribution in [-0.4, -0.2) is 17.7 Å². The molecule has 4 nitrogen and oxygen atoms in total. The fourth-order valence-corrected chi connectivity index (χ4v) is 1.57. The summed E-state index contributed by atoms with van der Waals surface area (Å²) in [5, 5.41) is 17.8. The molecule has 1 aromatic rings. The van der Waals surface area contributed by atoms with E-state index in [9.17, 15) is 13.6 Å². The predicted octanol–water partition coefficient (Wildman–Crippen LogP) is 2.16. The molecule has 0 spiro atoms. The fourth-order valence-electron chi connectivity index (χ4n) is 1.57. The first-order valence-electron chi connectivity index (χ1n) is 5.18. The van der Waals surface area contributed by atoms with Gasteiger partial charge in [0.05, 0.1) is 24.3 Å². The number of carbonyl (C=O) groups excluding carboxylic acids is 1. The number of rotatable bonds is 4. The largest absolute Gasteiger partial charge is 0.462 e. The number of aliphatic hydroxyl groups excluding tert-OH is 1. The lowest BCUT2D eigenvalue weighted by Gasteiger charge is -2.13. The molecule has 0 bridgehead atoms. The van der Waals surface area contributed by atoms with Crippen molar-refractivity contribution in [1.82, 2.24) is 0 Å². The van der Waals surface area contributed by atoms with Crippen LogP contribution in [-0.2, 0) is 11.3 Å². The Hall–Kier alpha value is -2.00. The highest BCUT2D eigenvalue weighted by Crippen LogP contribution is 2.30. The molecule has 0 radical (unpaired) electrons. The molecule has 0 saturated heterocycles. The Morgan fingerprint density at radius 3 is 2.67 bits per heavy atom. The van der Waals surface area contributed by atoms with Crippen molar-refractivity contribution in [2.45, 2.75) is 20.0 Å². The normalized spacial score (nSPS) is 10.2. The first-order valence-corrected chi connectivity index (χ1v) is 5.18. The lowest BCUT2D eigenvalue weighted by Crippen LogP contribution is -2.13. The van der Waals surface area contributed by atoms with Gasteiger partial charge in [-0.15, -0.1) is 0 Å². The van der Waals surface area contributed by atoms with Gasteiger partial charge in [-0.05, 0) is 18.6 Å². The molecule has 0 aliphatic carbocycles. The Morgan fingerprint density at radius 1 is 1.56 bits per heavy atom. The number of nitrogens with zero attached hydrogens (tertiary/aromatic N) is 1. The number of nitriles is 1. The summed E-state index contributed by atoms with van der Waals surface area (Å²) in [6, 6.07) is 4.07. The second kappa shape index (κ2) is 6.07. The highest BCUT2D eigenvalue weighted by atomic mass is 19.3. The van der Waals surface area contributed by atoms with E-state index < -0.39 is 30.1 Å². The number of carbonyl (C=O) groups is 1. The van der Waals surface area contributed by atoms with Crippen molar-refractivity contribution >= 4 is 5.97 Å². The smallest absolute Gasteiger partial charge is 0.339 e. The van der Waals surface area contributed by atoms with E-state index in [4.69, 9.17) is 10.4 Å². The zero-order chi connectivity index (χ0) is 13.7. The molecule has 0 aromatic heterocycles. The standard InChI is InChI=1S/C12H11F2NO3/c1-2-18-12(17)10-7(5-15)3-4-8(6-16)9(10)11(13)14/h3-4,11,16H,2,6H2,1H3. The third kappa shape index (κ3) is 2.63. The van der Waals surface area contributed by atoms with Crippen LogP contribution in [0.4, 0.5) is 8.78 Å². The van der Waals surface area contributed by atoms with Gasteiger partial charge >= 0.3 is 5.97 Å². The highest BCUT2D eigenvalue weighted by Gasteiger charge is 2.26. The summed E-state index contributed by atoms with van der Waals surface area (Å²) in [6.07, 6.45) is -2.97. The molecule has 0 aliphatic rings. The van der Waals surface area contributed by atoms with Gasteiger partial charge < -0.3 is 9.84 Å². The molecule has 18 heavy (non-hydrogen) atoms. The van der Waals surface area contributed by atoms with E-state index in [1.807, 2.05) is 0 Å². The molecular weight excluding hydrogens is 244 g/mol. The SMILES string of the molecule is CCOC(=O)c1c(C#N)ccc(CO)c1C(F)F. The number of halogens is 2. The van der Waals surface area contributed by atoms with Gasteiger partial charge in [-0.3, -0.25) is 0 Å². The monoisotopic (exact) mass is 255 g/mol. The van der Waals surface area contributed by atoms with Gasteiger partial charge in [-0.1, -0.05) is 6.07 Å². The van der Waals surface area contributed by atoms with Crippen molar-refractivity contribution in [1.29, 1.82) is 5.26 Å². The number of esters is 1. The van der Waals surface area contributed by atoms with E-state index in [2.05, 4.69) is 4.74 Å². The van der Waals surface area contributed by atoms with Crippen molar-refractivity contribution in [3.05, 3.63) is 34.4 Å². The van der Waals surface area contributed by atoms with Crippen molar-refractivity contribution in [2.75, 3.05) is 6.61 Å². The molecule has 0 fully saturated rings. The number of ether oxygens (including phenoxy) is 1. The molecular formula is C12H11F2NO3. The van der Waals surface area contributed by atoms with Crippen LogP contribution < -0.4 is 0 Å². The maximum absolute atomic E-state index is 13.0. The van der Waals surface area contributed by atoms with Gasteiger partial charge in [0.25, 0.3) is 6.43 Å². The molecule has 96 valence electrons. The van der Waals surface area contributed by atoms with Gasteiger partial charge in [0.1, 0.15) is 6.07 Å². The Kier molecular flexibility index (Phi) is 4.75. The van der Waals surface area contributed by atoms with E-state index >= 15 is 0 Å². The summed E-state index contributed by atoms with van der Waals surface area (Å²) in [5.74, 6) is -0.986. The Balaban J connectivity index is 3.51. The summed E-state index contributed by atoms with van der Waals surface area (Å²) in [4.78, 5) is 11.6. The summed E-state index contributed by atoms with van der Waals surface area (Å²) in [6.45, 7) is 0.898. The molecule has 1 N–H and O–H groups in total. The van der Waals surface area contributed by atoms with Crippen LogP contribution in [0.5, 0.6) is 0 Å². The lowest BCUT2D eigenvalue weighted by molar-refractivity contribution is 0.0514. The minimum atomic E-state index is -2.97. The third-order valence-electron chi connectivity index (χ3n) is 2.32. The molecule has 0 amide bonds. The maximum atomic E-state index is 13.0. The Bertz CT molecular complexity index is 495. The zero-order valence-electron chi connectivity index (χ0n) is 9.61. The van der Waals surface area contributed by atoms with Gasteiger partial charge in [-0.25, -0.2) is 13.6 Å². The van der Waals surface area contributed by atoms with Gasteiger partial charge in [-0.2, -0.15) is 5.26 Å². The molecule has 1 rings (SSSR count). The molecule has 0 unspecified atom stereocenters. The summed E-state index contributed by atoms with van der Waals surface area (Å²) in [5.41, 5.74) is -1.40. The van der Waals surface area contributed by atoms with Crippen molar-refractivity contribution in [3.63, 3.8) is 0 Å². The average molecular weight is 255 g/mol. The second-order valence-corrected chi connectivity index (χ2v) is 3.35. The van der Waals surface area contributed by atoms with E-state index in [-0.39, 0.29) is 17.7 Å². The highest BCUT2D eigenvalue weighted by molar-refractivity contribution is 5.94. The number of hydrogen-bond acceptors (Lipinski definition) is 4. The topological polar surface area (TPSA) is 70.3 Å². The summed E-state index contributed by atoms with van der Waals surface area (Å²) >= 11 is 0. The van der Waals surface area contributed by atoms with Crippen LogP contribution in [0.3, 0.4) is 0 Å². The van der Waals surface area contributed by atoms with Gasteiger partial charge in [0.2, 0.25) is 0 Å². The Morgan fingerprint density at radius 2 is 2.22 bits per heavy atom. The van der Waals surface area contributed by atoms with E-state index in [1.54, 1.807) is 6.07 Å². The number of hydrogen-bond donors (Lipinski definition) is 1. The molecule has 0 saturated carbocycles. The van der Waals surface area contributed by atoms with Crippen LogP contribution in [0.15, 0.2) is 12.1 Å². The lowest BCUT2D eigenvalue weighted by atomic mass is 9.96. The third-order valence-corrected chi connectivity index (χ3v) is 2.32. The zero-order valence-corrected chi connectivity index (χ0v) is 9.61. The fraction of sp³-hybridized carbons (Fsp3) is 0.333. The summed E-state index contributed by atoms with van der Waals surface area (Å²) < 4.78 is 30.6. The van der Waals surface area contributed by atoms with Crippen LogP contribution in [0.1, 0.15) is 40.4 Å². The van der Waals surface area contributed by atoms with Crippen LogP contribution in [0.2, 0.25) is 0 Å². The van der Waals surface area contributed by atoms with E-state index in [0.717, 1.165) is 0 Å². The number of alkyl halides is 2. The van der Waals surface area contributed by atoms with Crippen LogP contribution in [0, 0.1) is 11.3 Å². The first kappa shape index (κ1) is 14.1. The number of aliphatic hydroxyl groups is 1. The predicted molar refractivity (Wildman–Crippen MR) is 58.0 cm³/mol. The van der Waals surface area contributed by atoms with Crippen molar-refractivity contribution in [2.24, 2.45) is 0 Å². The molecule has 0 atom stereocenters. The van der Waals surface area contributed by atoms with Crippen LogP contribution >= 0.6 is 0 Å². The van der Waals surface area contributed by atoms with Crippen molar-refractivity contribution < 1.29 is 23.4 Å². The average Bonchev–Trinajstić information content (AvgIpc) is 2.36.